The summed E-state index contributed by atoms with van der Waals surface area (Å²) in [5.41, 5.74) is 0.371. The Morgan fingerprint density at radius 1 is 1.14 bits per heavy atom. The minimum absolute atomic E-state index is 0.0670. The second kappa shape index (κ2) is 5.82. The Kier molecular flexibility index (Phi) is 4.45. The average Bonchev–Trinajstić information content (AvgIpc) is 2.66. The molecular formula is C17H27NO3. The van der Waals surface area contributed by atoms with Crippen molar-refractivity contribution in [1.82, 2.24) is 4.90 Å². The average molecular weight is 293 g/mol. The van der Waals surface area contributed by atoms with E-state index >= 15 is 0 Å². The van der Waals surface area contributed by atoms with Gasteiger partial charge in [-0.25, -0.2) is 4.79 Å². The molecule has 2 aliphatic heterocycles. The Morgan fingerprint density at radius 2 is 1.67 bits per heavy atom. The maximum Gasteiger partial charge on any atom is 0.410 e. The lowest BCUT2D eigenvalue weighted by molar-refractivity contribution is -0.121. The van der Waals surface area contributed by atoms with Crippen molar-refractivity contribution >= 4 is 11.9 Å². The fourth-order valence-corrected chi connectivity index (χ4v) is 3.47. The molecule has 0 saturated carbocycles. The van der Waals surface area contributed by atoms with E-state index < -0.39 is 5.60 Å². The Hall–Kier alpha value is -1.32. The number of carbonyl (C=O) groups is 2. The number of hydrogen-bond acceptors (Lipinski definition) is 3. The Morgan fingerprint density at radius 3 is 2.10 bits per heavy atom. The number of carbonyl (C=O) groups excluding carboxylic acids is 2. The summed E-state index contributed by atoms with van der Waals surface area (Å²) in [6.45, 7) is 9.44. The van der Waals surface area contributed by atoms with Gasteiger partial charge in [-0.2, -0.15) is 0 Å². The van der Waals surface area contributed by atoms with Crippen LogP contribution in [0, 0.1) is 5.92 Å². The number of nitrogens with zero attached hydrogens (tertiary/aromatic N) is 1. The zero-order valence-corrected chi connectivity index (χ0v) is 13.8. The van der Waals surface area contributed by atoms with Gasteiger partial charge < -0.3 is 9.64 Å². The number of Topliss-reactive ketones (excluding diaryl/α,β-unsaturated/α-hetero) is 1. The van der Waals surface area contributed by atoms with Gasteiger partial charge in [0.1, 0.15) is 5.60 Å². The van der Waals surface area contributed by atoms with Crippen molar-refractivity contribution in [2.24, 2.45) is 5.92 Å². The van der Waals surface area contributed by atoms with Crippen LogP contribution in [0.3, 0.4) is 0 Å². The monoisotopic (exact) mass is 293 g/mol. The molecule has 1 amide bonds. The maximum absolute atomic E-state index is 12.4. The molecule has 118 valence electrons. The molecule has 0 N–H and O–H groups in total. The summed E-state index contributed by atoms with van der Waals surface area (Å²) in [5, 5.41) is 0. The molecule has 0 radical (unpaired) electrons. The zero-order valence-electron chi connectivity index (χ0n) is 13.8. The molecule has 0 spiro atoms. The molecule has 0 aromatic heterocycles. The van der Waals surface area contributed by atoms with E-state index in [-0.39, 0.29) is 29.9 Å². The van der Waals surface area contributed by atoms with Gasteiger partial charge in [0.15, 0.2) is 5.78 Å². The van der Waals surface area contributed by atoms with Crippen molar-refractivity contribution in [1.29, 1.82) is 0 Å². The molecule has 2 heterocycles. The molecule has 4 nitrogen and oxygen atoms in total. The number of fused-ring (bicyclic) bond motifs is 2. The molecule has 2 unspecified atom stereocenters. The molecule has 2 saturated heterocycles. The summed E-state index contributed by atoms with van der Waals surface area (Å²) in [6, 6.07) is 0.328. The number of piperidine rings is 1. The molecule has 0 aromatic rings. The Balaban J connectivity index is 2.06. The van der Waals surface area contributed by atoms with Gasteiger partial charge in [0, 0.05) is 18.0 Å². The lowest BCUT2D eigenvalue weighted by Crippen LogP contribution is -2.49. The molecule has 0 aromatic carbocycles. The molecular weight excluding hydrogens is 266 g/mol. The van der Waals surface area contributed by atoms with E-state index in [0.717, 1.165) is 31.3 Å². The van der Waals surface area contributed by atoms with Crippen LogP contribution in [-0.4, -0.2) is 34.5 Å². The minimum atomic E-state index is -0.468. The standard InChI is InChI=1S/C17H27NO3/c1-6-11(2)15(19)12-9-13-7-8-14(10-12)18(13)16(20)21-17(3,4)5/h6,12-14H,7-10H2,1-5H3. The first kappa shape index (κ1) is 16.1. The quantitative estimate of drug-likeness (QED) is 0.729. The summed E-state index contributed by atoms with van der Waals surface area (Å²) < 4.78 is 5.51. The van der Waals surface area contributed by atoms with Gasteiger partial charge in [-0.3, -0.25) is 4.79 Å². The van der Waals surface area contributed by atoms with Crippen molar-refractivity contribution in [2.45, 2.75) is 78.0 Å². The van der Waals surface area contributed by atoms with Crippen LogP contribution in [-0.2, 0) is 9.53 Å². The zero-order chi connectivity index (χ0) is 15.8. The van der Waals surface area contributed by atoms with Gasteiger partial charge >= 0.3 is 6.09 Å². The number of ketones is 1. The number of ether oxygens (including phenoxy) is 1. The molecule has 21 heavy (non-hydrogen) atoms. The third-order valence-corrected chi connectivity index (χ3v) is 4.53. The van der Waals surface area contributed by atoms with Crippen molar-refractivity contribution in [3.8, 4) is 0 Å². The van der Waals surface area contributed by atoms with Gasteiger partial charge in [-0.05, 0) is 65.9 Å². The highest BCUT2D eigenvalue weighted by Crippen LogP contribution is 2.40. The number of hydrogen-bond donors (Lipinski definition) is 0. The fourth-order valence-electron chi connectivity index (χ4n) is 3.47. The van der Waals surface area contributed by atoms with E-state index in [2.05, 4.69) is 0 Å². The highest BCUT2D eigenvalue weighted by molar-refractivity contribution is 5.96. The smallest absolute Gasteiger partial charge is 0.410 e. The number of allylic oxidation sites excluding steroid dienone is 2. The van der Waals surface area contributed by atoms with Crippen molar-refractivity contribution in [3.63, 3.8) is 0 Å². The fraction of sp³-hybridized carbons (Fsp3) is 0.765. The first-order valence-corrected chi connectivity index (χ1v) is 7.91. The first-order valence-electron chi connectivity index (χ1n) is 7.91. The summed E-state index contributed by atoms with van der Waals surface area (Å²) in [7, 11) is 0. The second-order valence-electron chi connectivity index (χ2n) is 7.28. The van der Waals surface area contributed by atoms with Gasteiger partial charge in [0.25, 0.3) is 0 Å². The lowest BCUT2D eigenvalue weighted by Gasteiger charge is -2.39. The van der Waals surface area contributed by atoms with E-state index in [4.69, 9.17) is 4.74 Å². The van der Waals surface area contributed by atoms with Crippen LogP contribution in [0.5, 0.6) is 0 Å². The Bertz CT molecular complexity index is 447. The molecule has 2 atom stereocenters. The van der Waals surface area contributed by atoms with Gasteiger partial charge in [0.2, 0.25) is 0 Å². The molecule has 2 fully saturated rings. The molecule has 0 aliphatic carbocycles. The molecule has 2 rings (SSSR count). The highest BCUT2D eigenvalue weighted by atomic mass is 16.6. The summed E-state index contributed by atoms with van der Waals surface area (Å²) in [4.78, 5) is 26.6. The predicted molar refractivity (Wildman–Crippen MR) is 82.0 cm³/mol. The lowest BCUT2D eigenvalue weighted by atomic mass is 9.85. The minimum Gasteiger partial charge on any atom is -0.444 e. The van der Waals surface area contributed by atoms with Gasteiger partial charge in [0.05, 0.1) is 0 Å². The topological polar surface area (TPSA) is 46.6 Å². The van der Waals surface area contributed by atoms with Crippen molar-refractivity contribution in [3.05, 3.63) is 11.6 Å². The van der Waals surface area contributed by atoms with E-state index in [1.165, 1.54) is 0 Å². The number of rotatable bonds is 2. The summed E-state index contributed by atoms with van der Waals surface area (Å²) in [6.07, 6.45) is 5.19. The third-order valence-electron chi connectivity index (χ3n) is 4.53. The molecule has 2 bridgehead atoms. The summed E-state index contributed by atoms with van der Waals surface area (Å²) in [5.74, 6) is 0.315. The van der Waals surface area contributed by atoms with E-state index in [0.29, 0.717) is 0 Å². The SMILES string of the molecule is CC=C(C)C(=O)C1CC2CCC(C1)N2C(=O)OC(C)(C)C. The largest absolute Gasteiger partial charge is 0.444 e. The van der Waals surface area contributed by atoms with Crippen LogP contribution in [0.15, 0.2) is 11.6 Å². The second-order valence-corrected chi connectivity index (χ2v) is 7.28. The van der Waals surface area contributed by atoms with Crippen molar-refractivity contribution in [2.75, 3.05) is 0 Å². The number of amides is 1. The molecule has 2 aliphatic rings. The van der Waals surface area contributed by atoms with Crippen LogP contribution in [0.1, 0.15) is 60.3 Å². The van der Waals surface area contributed by atoms with Crippen LogP contribution < -0.4 is 0 Å². The van der Waals surface area contributed by atoms with E-state index in [1.807, 2.05) is 45.6 Å². The van der Waals surface area contributed by atoms with Crippen LogP contribution >= 0.6 is 0 Å². The predicted octanol–water partition coefficient (Wildman–Crippen LogP) is 3.70. The Labute approximate surface area is 127 Å². The van der Waals surface area contributed by atoms with Crippen LogP contribution in [0.2, 0.25) is 0 Å². The van der Waals surface area contributed by atoms with Crippen molar-refractivity contribution < 1.29 is 14.3 Å². The summed E-state index contributed by atoms with van der Waals surface area (Å²) >= 11 is 0. The van der Waals surface area contributed by atoms with Crippen LogP contribution in [0.4, 0.5) is 4.79 Å². The van der Waals surface area contributed by atoms with Crippen LogP contribution in [0.25, 0.3) is 0 Å². The third kappa shape index (κ3) is 3.47. The first-order chi connectivity index (χ1) is 9.73. The normalized spacial score (nSPS) is 29.5. The molecule has 4 heteroatoms. The maximum atomic E-state index is 12.4. The van der Waals surface area contributed by atoms with Gasteiger partial charge in [-0.1, -0.05) is 6.08 Å². The highest BCUT2D eigenvalue weighted by Gasteiger charge is 2.46. The van der Waals surface area contributed by atoms with E-state index in [9.17, 15) is 9.59 Å². The van der Waals surface area contributed by atoms with Gasteiger partial charge in [-0.15, -0.1) is 0 Å². The van der Waals surface area contributed by atoms with E-state index in [1.54, 1.807) is 0 Å².